The Balaban J connectivity index is 1.73. The molecule has 6 heteroatoms. The normalized spacial score (nSPS) is 12.1. The van der Waals surface area contributed by atoms with Crippen LogP contribution in [0.1, 0.15) is 18.9 Å². The number of amides is 1. The second-order valence-corrected chi connectivity index (χ2v) is 4.27. The van der Waals surface area contributed by atoms with Crippen molar-refractivity contribution in [3.05, 3.63) is 23.8 Å². The van der Waals surface area contributed by atoms with Crippen LogP contribution in [0, 0.1) is 0 Å². The molecule has 1 N–H and O–H groups in total. The Bertz CT molecular complexity index is 500. The molecule has 0 aliphatic carbocycles. The van der Waals surface area contributed by atoms with E-state index in [1.807, 2.05) is 18.2 Å². The summed E-state index contributed by atoms with van der Waals surface area (Å²) in [6.45, 7) is 2.69. The number of hydrogen-bond acceptors (Lipinski definition) is 5. The highest BCUT2D eigenvalue weighted by Crippen LogP contribution is 2.32. The third-order valence-electron chi connectivity index (χ3n) is 2.78. The first-order chi connectivity index (χ1) is 9.69. The summed E-state index contributed by atoms with van der Waals surface area (Å²) in [4.78, 5) is 22.6. The lowest BCUT2D eigenvalue weighted by atomic mass is 10.1. The summed E-state index contributed by atoms with van der Waals surface area (Å²) in [6, 6.07) is 5.66. The minimum absolute atomic E-state index is 0.241. The SMILES string of the molecule is CCOC(=O)CC(=O)NCCc1ccc2c(c1)OCO2. The molecule has 0 spiro atoms. The number of carbonyl (C=O) groups is 2. The lowest BCUT2D eigenvalue weighted by Gasteiger charge is -2.06. The first kappa shape index (κ1) is 14.2. The Morgan fingerprint density at radius 2 is 2.10 bits per heavy atom. The minimum Gasteiger partial charge on any atom is -0.466 e. The monoisotopic (exact) mass is 279 g/mol. The van der Waals surface area contributed by atoms with Crippen molar-refractivity contribution < 1.29 is 23.8 Å². The average molecular weight is 279 g/mol. The Hall–Kier alpha value is -2.24. The molecule has 2 rings (SSSR count). The highest BCUT2D eigenvalue weighted by molar-refractivity contribution is 5.94. The molecule has 1 aromatic carbocycles. The molecule has 0 saturated carbocycles. The van der Waals surface area contributed by atoms with Crippen molar-refractivity contribution >= 4 is 11.9 Å². The number of carbonyl (C=O) groups excluding carboxylic acids is 2. The zero-order valence-corrected chi connectivity index (χ0v) is 11.3. The minimum atomic E-state index is -0.506. The van der Waals surface area contributed by atoms with Crippen LogP contribution in [-0.4, -0.2) is 31.8 Å². The maximum Gasteiger partial charge on any atom is 0.315 e. The molecule has 0 unspecified atom stereocenters. The molecule has 0 atom stereocenters. The van der Waals surface area contributed by atoms with Crippen LogP contribution in [0.25, 0.3) is 0 Å². The van der Waals surface area contributed by atoms with Crippen LogP contribution >= 0.6 is 0 Å². The lowest BCUT2D eigenvalue weighted by Crippen LogP contribution is -2.28. The Morgan fingerprint density at radius 1 is 1.30 bits per heavy atom. The molecule has 1 aliphatic heterocycles. The molecule has 1 aromatic rings. The summed E-state index contributed by atoms with van der Waals surface area (Å²) in [5.41, 5.74) is 1.03. The predicted octanol–water partition coefficient (Wildman–Crippen LogP) is 1.03. The van der Waals surface area contributed by atoms with E-state index in [9.17, 15) is 9.59 Å². The number of benzene rings is 1. The van der Waals surface area contributed by atoms with Crippen molar-refractivity contribution in [2.24, 2.45) is 0 Å². The van der Waals surface area contributed by atoms with Crippen LogP contribution in [0.15, 0.2) is 18.2 Å². The van der Waals surface area contributed by atoms with Crippen LogP contribution in [0.2, 0.25) is 0 Å². The van der Waals surface area contributed by atoms with E-state index in [1.54, 1.807) is 6.92 Å². The van der Waals surface area contributed by atoms with E-state index in [-0.39, 0.29) is 25.7 Å². The number of esters is 1. The quantitative estimate of drug-likeness (QED) is 0.622. The van der Waals surface area contributed by atoms with Gasteiger partial charge in [0.25, 0.3) is 0 Å². The molecule has 108 valence electrons. The first-order valence-electron chi connectivity index (χ1n) is 6.50. The van der Waals surface area contributed by atoms with Crippen molar-refractivity contribution in [1.82, 2.24) is 5.32 Å². The molecule has 6 nitrogen and oxygen atoms in total. The van der Waals surface area contributed by atoms with Crippen LogP contribution in [0.5, 0.6) is 11.5 Å². The molecular formula is C14H17NO5. The van der Waals surface area contributed by atoms with Gasteiger partial charge in [-0.05, 0) is 31.0 Å². The van der Waals surface area contributed by atoms with Crippen LogP contribution < -0.4 is 14.8 Å². The highest BCUT2D eigenvalue weighted by atomic mass is 16.7. The van der Waals surface area contributed by atoms with Crippen LogP contribution in [-0.2, 0) is 20.7 Å². The third-order valence-corrected chi connectivity index (χ3v) is 2.78. The van der Waals surface area contributed by atoms with Gasteiger partial charge in [0.05, 0.1) is 6.61 Å². The van der Waals surface area contributed by atoms with Crippen molar-refractivity contribution in [2.75, 3.05) is 19.9 Å². The van der Waals surface area contributed by atoms with Crippen molar-refractivity contribution in [3.8, 4) is 11.5 Å². The van der Waals surface area contributed by atoms with Gasteiger partial charge in [-0.2, -0.15) is 0 Å². The molecule has 0 aromatic heterocycles. The third kappa shape index (κ3) is 3.88. The van der Waals surface area contributed by atoms with Crippen molar-refractivity contribution in [1.29, 1.82) is 0 Å². The van der Waals surface area contributed by atoms with Crippen molar-refractivity contribution in [3.63, 3.8) is 0 Å². The zero-order chi connectivity index (χ0) is 14.4. The van der Waals surface area contributed by atoms with Gasteiger partial charge in [0, 0.05) is 6.54 Å². The fraction of sp³-hybridized carbons (Fsp3) is 0.429. The molecule has 1 amide bonds. The van der Waals surface area contributed by atoms with Crippen LogP contribution in [0.3, 0.4) is 0 Å². The number of fused-ring (bicyclic) bond motifs is 1. The Labute approximate surface area is 117 Å². The van der Waals surface area contributed by atoms with Gasteiger partial charge < -0.3 is 19.5 Å². The Morgan fingerprint density at radius 3 is 2.90 bits per heavy atom. The number of hydrogen-bond donors (Lipinski definition) is 1. The molecule has 1 heterocycles. The number of ether oxygens (including phenoxy) is 3. The number of rotatable bonds is 6. The van der Waals surface area contributed by atoms with Gasteiger partial charge in [-0.3, -0.25) is 9.59 Å². The maximum atomic E-state index is 11.4. The van der Waals surface area contributed by atoms with E-state index < -0.39 is 5.97 Å². The molecule has 0 bridgehead atoms. The summed E-state index contributed by atoms with van der Waals surface area (Å²) in [7, 11) is 0. The lowest BCUT2D eigenvalue weighted by molar-refractivity contribution is -0.145. The zero-order valence-electron chi connectivity index (χ0n) is 11.3. The van der Waals surface area contributed by atoms with E-state index >= 15 is 0 Å². The molecule has 1 aliphatic rings. The molecular weight excluding hydrogens is 262 g/mol. The number of nitrogens with one attached hydrogen (secondary N) is 1. The van der Waals surface area contributed by atoms with Gasteiger partial charge in [0.2, 0.25) is 12.7 Å². The largest absolute Gasteiger partial charge is 0.466 e. The van der Waals surface area contributed by atoms with E-state index in [2.05, 4.69) is 5.32 Å². The summed E-state index contributed by atoms with van der Waals surface area (Å²) in [5.74, 6) is 0.623. The van der Waals surface area contributed by atoms with Crippen molar-refractivity contribution in [2.45, 2.75) is 19.8 Å². The maximum absolute atomic E-state index is 11.4. The van der Waals surface area contributed by atoms with Gasteiger partial charge in [-0.15, -0.1) is 0 Å². The van der Waals surface area contributed by atoms with E-state index in [0.29, 0.717) is 13.0 Å². The van der Waals surface area contributed by atoms with Gasteiger partial charge in [-0.25, -0.2) is 0 Å². The Kier molecular flexibility index (Phi) is 4.81. The summed E-state index contributed by atoms with van der Waals surface area (Å²) in [6.07, 6.45) is 0.417. The summed E-state index contributed by atoms with van der Waals surface area (Å²) < 4.78 is 15.2. The van der Waals surface area contributed by atoms with Gasteiger partial charge in [-0.1, -0.05) is 6.07 Å². The topological polar surface area (TPSA) is 73.9 Å². The predicted molar refractivity (Wildman–Crippen MR) is 70.5 cm³/mol. The molecule has 20 heavy (non-hydrogen) atoms. The van der Waals surface area contributed by atoms with E-state index in [4.69, 9.17) is 14.2 Å². The fourth-order valence-corrected chi connectivity index (χ4v) is 1.85. The van der Waals surface area contributed by atoms with Gasteiger partial charge >= 0.3 is 5.97 Å². The van der Waals surface area contributed by atoms with E-state index in [1.165, 1.54) is 0 Å². The second kappa shape index (κ2) is 6.79. The summed E-state index contributed by atoms with van der Waals surface area (Å²) in [5, 5.41) is 2.68. The van der Waals surface area contributed by atoms with E-state index in [0.717, 1.165) is 17.1 Å². The highest BCUT2D eigenvalue weighted by Gasteiger charge is 2.13. The molecule has 0 saturated heterocycles. The molecule has 0 radical (unpaired) electrons. The second-order valence-electron chi connectivity index (χ2n) is 4.27. The van der Waals surface area contributed by atoms with Gasteiger partial charge in [0.15, 0.2) is 11.5 Å². The standard InChI is InChI=1S/C14H17NO5/c1-2-18-14(17)8-13(16)15-6-5-10-3-4-11-12(7-10)20-9-19-11/h3-4,7H,2,5-6,8-9H2,1H3,(H,15,16). The fourth-order valence-electron chi connectivity index (χ4n) is 1.85. The average Bonchev–Trinajstić information content (AvgIpc) is 2.86. The summed E-state index contributed by atoms with van der Waals surface area (Å²) >= 11 is 0. The van der Waals surface area contributed by atoms with Crippen LogP contribution in [0.4, 0.5) is 0 Å². The first-order valence-corrected chi connectivity index (χ1v) is 6.50. The van der Waals surface area contributed by atoms with Gasteiger partial charge in [0.1, 0.15) is 6.42 Å². The molecule has 0 fully saturated rings. The smallest absolute Gasteiger partial charge is 0.315 e.